The molecule has 26 heavy (non-hydrogen) atoms. The van der Waals surface area contributed by atoms with Gasteiger partial charge in [-0.15, -0.1) is 0 Å². The highest BCUT2D eigenvalue weighted by molar-refractivity contribution is 6.17. The standard InChI is InChI=1S/C19H19FN4O2/c1-22-8-10-23(11-9-22)19(26)24-16-7-6-13(20)12-14(16)18(25)21-15-4-2-3-5-17(15)24/h2-7,12H,8-11H2,1H3,(H,21,25). The average molecular weight is 354 g/mol. The molecule has 2 aromatic rings. The van der Waals surface area contributed by atoms with Crippen molar-refractivity contribution in [1.29, 1.82) is 0 Å². The number of nitrogens with zero attached hydrogens (tertiary/aromatic N) is 3. The third-order valence-electron chi connectivity index (χ3n) is 4.80. The Labute approximate surface area is 150 Å². The Bertz CT molecular complexity index is 878. The van der Waals surface area contributed by atoms with Gasteiger partial charge in [0, 0.05) is 26.2 Å². The van der Waals surface area contributed by atoms with Gasteiger partial charge in [0.05, 0.1) is 22.6 Å². The molecule has 0 unspecified atom stereocenters. The molecule has 6 nitrogen and oxygen atoms in total. The lowest BCUT2D eigenvalue weighted by atomic mass is 10.1. The summed E-state index contributed by atoms with van der Waals surface area (Å²) < 4.78 is 13.8. The van der Waals surface area contributed by atoms with Gasteiger partial charge in [-0.3, -0.25) is 9.69 Å². The van der Waals surface area contributed by atoms with E-state index in [4.69, 9.17) is 0 Å². The number of urea groups is 1. The van der Waals surface area contributed by atoms with Crippen molar-refractivity contribution in [2.24, 2.45) is 0 Å². The van der Waals surface area contributed by atoms with Crippen molar-refractivity contribution < 1.29 is 14.0 Å². The molecule has 0 atom stereocenters. The molecule has 2 aliphatic heterocycles. The summed E-state index contributed by atoms with van der Waals surface area (Å²) >= 11 is 0. The Morgan fingerprint density at radius 1 is 1.04 bits per heavy atom. The third kappa shape index (κ3) is 2.80. The van der Waals surface area contributed by atoms with Crippen molar-refractivity contribution in [1.82, 2.24) is 9.80 Å². The van der Waals surface area contributed by atoms with E-state index in [9.17, 15) is 14.0 Å². The van der Waals surface area contributed by atoms with Crippen LogP contribution in [0, 0.1) is 5.82 Å². The quantitative estimate of drug-likeness (QED) is 0.791. The van der Waals surface area contributed by atoms with Gasteiger partial charge in [-0.2, -0.15) is 0 Å². The predicted molar refractivity (Wildman–Crippen MR) is 97.4 cm³/mol. The Morgan fingerprint density at radius 2 is 1.77 bits per heavy atom. The number of benzene rings is 2. The topological polar surface area (TPSA) is 55.9 Å². The molecule has 0 saturated carbocycles. The minimum atomic E-state index is -0.517. The molecule has 1 saturated heterocycles. The van der Waals surface area contributed by atoms with Crippen LogP contribution in [-0.2, 0) is 0 Å². The van der Waals surface area contributed by atoms with E-state index in [0.29, 0.717) is 30.2 Å². The maximum absolute atomic E-state index is 13.8. The number of nitrogens with one attached hydrogen (secondary N) is 1. The number of piperazine rings is 1. The van der Waals surface area contributed by atoms with E-state index in [-0.39, 0.29) is 11.6 Å². The molecule has 0 spiro atoms. The first-order valence-electron chi connectivity index (χ1n) is 8.52. The monoisotopic (exact) mass is 354 g/mol. The lowest BCUT2D eigenvalue weighted by molar-refractivity contribution is 0.102. The number of para-hydroxylation sites is 2. The lowest BCUT2D eigenvalue weighted by Crippen LogP contribution is -2.51. The molecular weight excluding hydrogens is 335 g/mol. The summed E-state index contributed by atoms with van der Waals surface area (Å²) in [6, 6.07) is 10.8. The SMILES string of the molecule is CN1CCN(C(=O)N2c3ccccc3NC(=O)c3cc(F)ccc32)CC1. The first kappa shape index (κ1) is 16.5. The Morgan fingerprint density at radius 3 is 2.54 bits per heavy atom. The maximum Gasteiger partial charge on any atom is 0.329 e. The van der Waals surface area contributed by atoms with Gasteiger partial charge in [0.2, 0.25) is 0 Å². The summed E-state index contributed by atoms with van der Waals surface area (Å²) in [6.07, 6.45) is 0. The summed E-state index contributed by atoms with van der Waals surface area (Å²) in [6.45, 7) is 2.78. The van der Waals surface area contributed by atoms with Gasteiger partial charge in [0.15, 0.2) is 0 Å². The summed E-state index contributed by atoms with van der Waals surface area (Å²) in [5, 5.41) is 2.77. The minimum absolute atomic E-state index is 0.142. The number of anilines is 3. The molecule has 7 heteroatoms. The fourth-order valence-electron chi connectivity index (χ4n) is 3.32. The van der Waals surface area contributed by atoms with Crippen LogP contribution in [0.4, 0.5) is 26.2 Å². The molecule has 2 aliphatic rings. The summed E-state index contributed by atoms with van der Waals surface area (Å²) in [5.41, 5.74) is 1.63. The van der Waals surface area contributed by atoms with Crippen LogP contribution in [0.25, 0.3) is 0 Å². The van der Waals surface area contributed by atoms with E-state index in [1.807, 2.05) is 13.1 Å². The van der Waals surface area contributed by atoms with Crippen molar-refractivity contribution in [2.45, 2.75) is 0 Å². The largest absolute Gasteiger partial charge is 0.329 e. The van der Waals surface area contributed by atoms with Gasteiger partial charge in [0.1, 0.15) is 5.82 Å². The molecular formula is C19H19FN4O2. The summed E-state index contributed by atoms with van der Waals surface area (Å²) in [4.78, 5) is 31.3. The maximum atomic E-state index is 13.8. The van der Waals surface area contributed by atoms with E-state index >= 15 is 0 Å². The van der Waals surface area contributed by atoms with Crippen LogP contribution in [0.15, 0.2) is 42.5 Å². The highest BCUT2D eigenvalue weighted by Crippen LogP contribution is 2.38. The van der Waals surface area contributed by atoms with Crippen molar-refractivity contribution in [2.75, 3.05) is 43.4 Å². The predicted octanol–water partition coefficient (Wildman–Crippen LogP) is 2.90. The van der Waals surface area contributed by atoms with Crippen LogP contribution in [0.5, 0.6) is 0 Å². The fraction of sp³-hybridized carbons (Fsp3) is 0.263. The Balaban J connectivity index is 1.83. The number of hydrogen-bond donors (Lipinski definition) is 1. The first-order chi connectivity index (χ1) is 12.5. The molecule has 0 aromatic heterocycles. The van der Waals surface area contributed by atoms with E-state index in [2.05, 4.69) is 10.2 Å². The van der Waals surface area contributed by atoms with Crippen LogP contribution < -0.4 is 10.2 Å². The average Bonchev–Trinajstić information content (AvgIpc) is 2.76. The van der Waals surface area contributed by atoms with E-state index < -0.39 is 11.7 Å². The number of carbonyl (C=O) groups is 2. The number of hydrogen-bond acceptors (Lipinski definition) is 3. The highest BCUT2D eigenvalue weighted by Gasteiger charge is 2.33. The molecule has 3 amide bonds. The normalized spacial score (nSPS) is 17.2. The first-order valence-corrected chi connectivity index (χ1v) is 8.52. The smallest absolute Gasteiger partial charge is 0.321 e. The van der Waals surface area contributed by atoms with Crippen molar-refractivity contribution >= 4 is 29.0 Å². The fourth-order valence-corrected chi connectivity index (χ4v) is 3.32. The zero-order valence-corrected chi connectivity index (χ0v) is 14.4. The lowest BCUT2D eigenvalue weighted by Gasteiger charge is -2.36. The second-order valence-corrected chi connectivity index (χ2v) is 6.54. The zero-order valence-electron chi connectivity index (χ0n) is 14.4. The molecule has 134 valence electrons. The minimum Gasteiger partial charge on any atom is -0.321 e. The zero-order chi connectivity index (χ0) is 18.3. The van der Waals surface area contributed by atoms with Gasteiger partial charge < -0.3 is 15.1 Å². The molecule has 4 rings (SSSR count). The third-order valence-corrected chi connectivity index (χ3v) is 4.80. The van der Waals surface area contributed by atoms with E-state index in [1.54, 1.807) is 23.1 Å². The second-order valence-electron chi connectivity index (χ2n) is 6.54. The number of likely N-dealkylation sites (N-methyl/N-ethyl adjacent to an activating group) is 1. The Kier molecular flexibility index (Phi) is 4.08. The van der Waals surface area contributed by atoms with Crippen molar-refractivity contribution in [3.63, 3.8) is 0 Å². The van der Waals surface area contributed by atoms with Crippen molar-refractivity contribution in [3.05, 3.63) is 53.8 Å². The molecule has 0 radical (unpaired) electrons. The second kappa shape index (κ2) is 6.42. The van der Waals surface area contributed by atoms with Gasteiger partial charge in [0.25, 0.3) is 5.91 Å². The van der Waals surface area contributed by atoms with Gasteiger partial charge >= 0.3 is 6.03 Å². The van der Waals surface area contributed by atoms with E-state index in [1.165, 1.54) is 23.1 Å². The van der Waals surface area contributed by atoms with Crippen LogP contribution in [-0.4, -0.2) is 55.0 Å². The molecule has 1 fully saturated rings. The van der Waals surface area contributed by atoms with Crippen LogP contribution in [0.3, 0.4) is 0 Å². The molecule has 2 heterocycles. The number of carbonyl (C=O) groups excluding carboxylic acids is 2. The van der Waals surface area contributed by atoms with Gasteiger partial charge in [-0.1, -0.05) is 12.1 Å². The molecule has 0 aliphatic carbocycles. The summed E-state index contributed by atoms with van der Waals surface area (Å²) in [7, 11) is 2.02. The van der Waals surface area contributed by atoms with E-state index in [0.717, 1.165) is 13.1 Å². The number of rotatable bonds is 0. The van der Waals surface area contributed by atoms with Crippen molar-refractivity contribution in [3.8, 4) is 0 Å². The number of halogens is 1. The Hall–Kier alpha value is -2.93. The number of fused-ring (bicyclic) bond motifs is 2. The van der Waals surface area contributed by atoms with Gasteiger partial charge in [-0.25, -0.2) is 9.18 Å². The van der Waals surface area contributed by atoms with Crippen LogP contribution in [0.2, 0.25) is 0 Å². The van der Waals surface area contributed by atoms with Gasteiger partial charge in [-0.05, 0) is 37.4 Å². The summed E-state index contributed by atoms with van der Waals surface area (Å²) in [5.74, 6) is -0.947. The number of amides is 3. The molecule has 0 bridgehead atoms. The molecule has 2 aromatic carbocycles. The van der Waals surface area contributed by atoms with Crippen LogP contribution >= 0.6 is 0 Å². The molecule has 1 N–H and O–H groups in total. The van der Waals surface area contributed by atoms with Crippen LogP contribution in [0.1, 0.15) is 10.4 Å². The highest BCUT2D eigenvalue weighted by atomic mass is 19.1.